The molecule has 0 unspecified atom stereocenters. The van der Waals surface area contributed by atoms with E-state index in [9.17, 15) is 14.4 Å². The van der Waals surface area contributed by atoms with Crippen LogP contribution in [0.25, 0.3) is 11.0 Å². The molecular formula is C30H31N3O5. The van der Waals surface area contributed by atoms with Crippen LogP contribution in [0.2, 0.25) is 0 Å². The second-order valence-corrected chi connectivity index (χ2v) is 9.76. The summed E-state index contributed by atoms with van der Waals surface area (Å²) in [7, 11) is 0. The molecule has 2 amide bonds. The molecule has 2 aromatic carbocycles. The summed E-state index contributed by atoms with van der Waals surface area (Å²) in [6, 6.07) is 18.5. The zero-order valence-electron chi connectivity index (χ0n) is 21.7. The second kappa shape index (κ2) is 11.1. The summed E-state index contributed by atoms with van der Waals surface area (Å²) in [4.78, 5) is 43.8. The standard InChI is InChI=1S/C30H31N3O5/c1-21-5-7-23(8-6-21)20-33(24-9-10-25-22(2)18-29(35)38-27(25)19-24)28(34)11-12-31-13-15-32(16-14-31)30(36)26-4-3-17-37-26/h3-10,17-19H,11-16,20H2,1-2H3. The first-order valence-electron chi connectivity index (χ1n) is 12.8. The number of aryl methyl sites for hydroxylation is 2. The molecule has 196 valence electrons. The van der Waals surface area contributed by atoms with Gasteiger partial charge in [0.2, 0.25) is 5.91 Å². The fourth-order valence-corrected chi connectivity index (χ4v) is 4.80. The van der Waals surface area contributed by atoms with Crippen molar-refractivity contribution >= 4 is 28.5 Å². The molecule has 0 aliphatic carbocycles. The van der Waals surface area contributed by atoms with Crippen molar-refractivity contribution in [2.75, 3.05) is 37.6 Å². The summed E-state index contributed by atoms with van der Waals surface area (Å²) >= 11 is 0. The van der Waals surface area contributed by atoms with E-state index >= 15 is 0 Å². The fourth-order valence-electron chi connectivity index (χ4n) is 4.80. The molecule has 1 saturated heterocycles. The highest BCUT2D eigenvalue weighted by Crippen LogP contribution is 2.26. The molecule has 0 atom stereocenters. The first-order valence-corrected chi connectivity index (χ1v) is 12.8. The Labute approximate surface area is 221 Å². The van der Waals surface area contributed by atoms with Gasteiger partial charge in [0.15, 0.2) is 5.76 Å². The van der Waals surface area contributed by atoms with E-state index in [1.165, 1.54) is 12.3 Å². The minimum atomic E-state index is -0.409. The lowest BCUT2D eigenvalue weighted by atomic mass is 10.1. The molecule has 0 N–H and O–H groups in total. The van der Waals surface area contributed by atoms with Crippen molar-refractivity contribution in [1.29, 1.82) is 0 Å². The Balaban J connectivity index is 1.29. The van der Waals surface area contributed by atoms with Gasteiger partial charge in [0, 0.05) is 62.4 Å². The normalized spacial score (nSPS) is 14.1. The Hall–Kier alpha value is -4.17. The summed E-state index contributed by atoms with van der Waals surface area (Å²) in [6.07, 6.45) is 1.83. The van der Waals surface area contributed by atoms with Crippen LogP contribution in [0.1, 0.15) is 33.7 Å². The molecule has 1 aliphatic rings. The number of carbonyl (C=O) groups is 2. The lowest BCUT2D eigenvalue weighted by Gasteiger charge is -2.34. The van der Waals surface area contributed by atoms with Gasteiger partial charge in [-0.25, -0.2) is 4.79 Å². The molecular weight excluding hydrogens is 482 g/mol. The van der Waals surface area contributed by atoms with Crippen molar-refractivity contribution in [3.05, 3.63) is 99.8 Å². The SMILES string of the molecule is Cc1ccc(CN(C(=O)CCN2CCN(C(=O)c3ccco3)CC2)c2ccc3c(C)cc(=O)oc3c2)cc1. The van der Waals surface area contributed by atoms with Crippen molar-refractivity contribution in [2.24, 2.45) is 0 Å². The predicted octanol–water partition coefficient (Wildman–Crippen LogP) is 4.38. The summed E-state index contributed by atoms with van der Waals surface area (Å²) in [6.45, 7) is 7.46. The van der Waals surface area contributed by atoms with Gasteiger partial charge in [0.1, 0.15) is 5.58 Å². The maximum absolute atomic E-state index is 13.6. The summed E-state index contributed by atoms with van der Waals surface area (Å²) < 4.78 is 10.7. The molecule has 2 aromatic heterocycles. The number of fused-ring (bicyclic) bond motifs is 1. The smallest absolute Gasteiger partial charge is 0.336 e. The third-order valence-electron chi connectivity index (χ3n) is 7.04. The van der Waals surface area contributed by atoms with Crippen LogP contribution < -0.4 is 10.5 Å². The molecule has 5 rings (SSSR count). The third-order valence-corrected chi connectivity index (χ3v) is 7.04. The third kappa shape index (κ3) is 5.70. The van der Waals surface area contributed by atoms with Gasteiger partial charge in [0.25, 0.3) is 5.91 Å². The van der Waals surface area contributed by atoms with Gasteiger partial charge in [-0.2, -0.15) is 0 Å². The zero-order chi connectivity index (χ0) is 26.6. The first-order chi connectivity index (χ1) is 18.4. The van der Waals surface area contributed by atoms with Crippen molar-refractivity contribution < 1.29 is 18.4 Å². The van der Waals surface area contributed by atoms with E-state index in [2.05, 4.69) is 4.90 Å². The molecule has 1 fully saturated rings. The van der Waals surface area contributed by atoms with Gasteiger partial charge in [-0.1, -0.05) is 29.8 Å². The van der Waals surface area contributed by atoms with Crippen LogP contribution in [-0.2, 0) is 11.3 Å². The molecule has 0 radical (unpaired) electrons. The molecule has 3 heterocycles. The van der Waals surface area contributed by atoms with Crippen LogP contribution in [-0.4, -0.2) is 54.3 Å². The van der Waals surface area contributed by atoms with Crippen molar-refractivity contribution in [2.45, 2.75) is 26.8 Å². The van der Waals surface area contributed by atoms with Gasteiger partial charge in [-0.05, 0) is 49.2 Å². The highest BCUT2D eigenvalue weighted by Gasteiger charge is 2.25. The summed E-state index contributed by atoms with van der Waals surface area (Å²) in [5.41, 5.74) is 3.74. The zero-order valence-corrected chi connectivity index (χ0v) is 21.7. The molecule has 0 bridgehead atoms. The number of rotatable bonds is 7. The van der Waals surface area contributed by atoms with Gasteiger partial charge in [-0.15, -0.1) is 0 Å². The highest BCUT2D eigenvalue weighted by molar-refractivity contribution is 5.96. The van der Waals surface area contributed by atoms with E-state index in [0.29, 0.717) is 62.7 Å². The van der Waals surface area contributed by atoms with Crippen molar-refractivity contribution in [3.8, 4) is 0 Å². The Morgan fingerprint density at radius 3 is 2.42 bits per heavy atom. The van der Waals surface area contributed by atoms with E-state index in [1.54, 1.807) is 28.0 Å². The number of hydrogen-bond acceptors (Lipinski definition) is 6. The molecule has 4 aromatic rings. The Kier molecular flexibility index (Phi) is 7.42. The fraction of sp³-hybridized carbons (Fsp3) is 0.300. The maximum Gasteiger partial charge on any atom is 0.336 e. The van der Waals surface area contributed by atoms with Crippen LogP contribution in [0.5, 0.6) is 0 Å². The minimum absolute atomic E-state index is 0.0194. The lowest BCUT2D eigenvalue weighted by Crippen LogP contribution is -2.49. The molecule has 8 nitrogen and oxygen atoms in total. The molecule has 1 aliphatic heterocycles. The molecule has 38 heavy (non-hydrogen) atoms. The lowest BCUT2D eigenvalue weighted by molar-refractivity contribution is -0.119. The second-order valence-electron chi connectivity index (χ2n) is 9.76. The monoisotopic (exact) mass is 513 g/mol. The number of furan rings is 1. The van der Waals surface area contributed by atoms with E-state index in [-0.39, 0.29) is 11.8 Å². The highest BCUT2D eigenvalue weighted by atomic mass is 16.4. The quantitative estimate of drug-likeness (QED) is 0.341. The van der Waals surface area contributed by atoms with Gasteiger partial charge in [-0.3, -0.25) is 14.5 Å². The molecule has 8 heteroatoms. The number of piperazine rings is 1. The summed E-state index contributed by atoms with van der Waals surface area (Å²) in [5.74, 6) is 0.226. The van der Waals surface area contributed by atoms with Crippen LogP contribution in [0.3, 0.4) is 0 Å². The number of nitrogens with zero attached hydrogens (tertiary/aromatic N) is 3. The number of amides is 2. The number of benzene rings is 2. The topological polar surface area (TPSA) is 87.2 Å². The average Bonchev–Trinajstić information content (AvgIpc) is 3.46. The van der Waals surface area contributed by atoms with E-state index < -0.39 is 5.63 Å². The minimum Gasteiger partial charge on any atom is -0.459 e. The van der Waals surface area contributed by atoms with E-state index in [0.717, 1.165) is 22.1 Å². The first kappa shape index (κ1) is 25.5. The van der Waals surface area contributed by atoms with Gasteiger partial charge >= 0.3 is 5.63 Å². The Morgan fingerprint density at radius 1 is 0.947 bits per heavy atom. The van der Waals surface area contributed by atoms with Crippen LogP contribution in [0.15, 0.2) is 80.6 Å². The van der Waals surface area contributed by atoms with E-state index in [1.807, 2.05) is 50.2 Å². The number of carbonyl (C=O) groups excluding carboxylic acids is 2. The predicted molar refractivity (Wildman–Crippen MR) is 145 cm³/mol. The van der Waals surface area contributed by atoms with E-state index in [4.69, 9.17) is 8.83 Å². The summed E-state index contributed by atoms with van der Waals surface area (Å²) in [5, 5.41) is 0.845. The number of anilines is 1. The average molecular weight is 514 g/mol. The van der Waals surface area contributed by atoms with Gasteiger partial charge < -0.3 is 18.6 Å². The van der Waals surface area contributed by atoms with Crippen LogP contribution >= 0.6 is 0 Å². The largest absolute Gasteiger partial charge is 0.459 e. The maximum atomic E-state index is 13.6. The molecule has 0 saturated carbocycles. The van der Waals surface area contributed by atoms with Gasteiger partial charge in [0.05, 0.1) is 12.8 Å². The Bertz CT molecular complexity index is 1480. The Morgan fingerprint density at radius 2 is 1.71 bits per heavy atom. The van der Waals surface area contributed by atoms with Crippen LogP contribution in [0, 0.1) is 13.8 Å². The van der Waals surface area contributed by atoms with Crippen molar-refractivity contribution in [1.82, 2.24) is 9.80 Å². The van der Waals surface area contributed by atoms with Crippen molar-refractivity contribution in [3.63, 3.8) is 0 Å². The molecule has 0 spiro atoms. The number of hydrogen-bond donors (Lipinski definition) is 0. The van der Waals surface area contributed by atoms with Crippen LogP contribution in [0.4, 0.5) is 5.69 Å².